The molecule has 0 radical (unpaired) electrons. The lowest BCUT2D eigenvalue weighted by atomic mass is 10.2. The molecule has 4 aromatic carbocycles. The molecule has 34 heavy (non-hydrogen) atoms. The van der Waals surface area contributed by atoms with E-state index in [0.29, 0.717) is 6.79 Å². The SMILES string of the molecule is Cc1ccc(Oc2ccc3c(c2)OCO3)cc1.Cc1ccc(Sc2ccc3c(c2)OCO3)cc1. The largest absolute Gasteiger partial charge is 0.457 e. The summed E-state index contributed by atoms with van der Waals surface area (Å²) in [6, 6.07) is 28.0. The van der Waals surface area contributed by atoms with Gasteiger partial charge in [0.25, 0.3) is 0 Å². The van der Waals surface area contributed by atoms with Crippen molar-refractivity contribution in [2.75, 3.05) is 13.6 Å². The smallest absolute Gasteiger partial charge is 0.231 e. The Morgan fingerprint density at radius 2 is 1.03 bits per heavy atom. The van der Waals surface area contributed by atoms with Gasteiger partial charge in [0.15, 0.2) is 23.0 Å². The molecule has 2 aliphatic heterocycles. The lowest BCUT2D eigenvalue weighted by Gasteiger charge is -2.06. The highest BCUT2D eigenvalue weighted by molar-refractivity contribution is 7.99. The van der Waals surface area contributed by atoms with Gasteiger partial charge in [0, 0.05) is 15.9 Å². The van der Waals surface area contributed by atoms with E-state index in [9.17, 15) is 0 Å². The van der Waals surface area contributed by atoms with Gasteiger partial charge >= 0.3 is 0 Å². The van der Waals surface area contributed by atoms with Gasteiger partial charge in [-0.2, -0.15) is 0 Å². The molecule has 0 amide bonds. The molecule has 2 heterocycles. The topological polar surface area (TPSA) is 46.2 Å². The summed E-state index contributed by atoms with van der Waals surface area (Å²) in [4.78, 5) is 2.40. The maximum atomic E-state index is 5.72. The van der Waals surface area contributed by atoms with Crippen molar-refractivity contribution in [3.8, 4) is 34.5 Å². The Bertz CT molecular complexity index is 1170. The number of aryl methyl sites for hydroxylation is 2. The lowest BCUT2D eigenvalue weighted by Crippen LogP contribution is -1.92. The molecular weight excluding hydrogens is 448 g/mol. The lowest BCUT2D eigenvalue weighted by molar-refractivity contribution is 0.173. The van der Waals surface area contributed by atoms with Crippen molar-refractivity contribution >= 4 is 11.8 Å². The third-order valence-electron chi connectivity index (χ3n) is 5.20. The van der Waals surface area contributed by atoms with Crippen LogP contribution in [0.25, 0.3) is 0 Å². The fourth-order valence-corrected chi connectivity index (χ4v) is 4.21. The first-order valence-corrected chi connectivity index (χ1v) is 11.7. The first-order valence-electron chi connectivity index (χ1n) is 10.9. The minimum absolute atomic E-state index is 0.281. The van der Waals surface area contributed by atoms with E-state index in [2.05, 4.69) is 37.3 Å². The van der Waals surface area contributed by atoms with Crippen LogP contribution >= 0.6 is 11.8 Å². The van der Waals surface area contributed by atoms with Gasteiger partial charge in [-0.3, -0.25) is 0 Å². The second kappa shape index (κ2) is 10.0. The van der Waals surface area contributed by atoms with Crippen LogP contribution in [0.2, 0.25) is 0 Å². The number of hydrogen-bond donors (Lipinski definition) is 0. The molecule has 0 atom stereocenters. The highest BCUT2D eigenvalue weighted by Crippen LogP contribution is 2.38. The normalized spacial score (nSPS) is 12.6. The third kappa shape index (κ3) is 5.41. The summed E-state index contributed by atoms with van der Waals surface area (Å²) in [7, 11) is 0. The van der Waals surface area contributed by atoms with Crippen LogP contribution in [0.15, 0.2) is 94.7 Å². The molecule has 0 bridgehead atoms. The fourth-order valence-electron chi connectivity index (χ4n) is 3.37. The molecule has 6 rings (SSSR count). The van der Waals surface area contributed by atoms with Crippen LogP contribution in [0.3, 0.4) is 0 Å². The van der Waals surface area contributed by atoms with Crippen molar-refractivity contribution in [2.24, 2.45) is 0 Å². The molecule has 0 saturated heterocycles. The van der Waals surface area contributed by atoms with Gasteiger partial charge in [-0.1, -0.05) is 47.2 Å². The summed E-state index contributed by atoms with van der Waals surface area (Å²) in [6.45, 7) is 4.75. The van der Waals surface area contributed by atoms with E-state index in [0.717, 1.165) is 39.4 Å². The zero-order valence-electron chi connectivity index (χ0n) is 18.9. The summed E-state index contributed by atoms with van der Waals surface area (Å²) in [5.74, 6) is 4.73. The third-order valence-corrected chi connectivity index (χ3v) is 6.20. The second-order valence-electron chi connectivity index (χ2n) is 7.86. The monoisotopic (exact) mass is 472 g/mol. The van der Waals surface area contributed by atoms with E-state index >= 15 is 0 Å². The number of rotatable bonds is 4. The predicted octanol–water partition coefficient (Wildman–Crippen LogP) is 7.39. The Labute approximate surface area is 203 Å². The zero-order chi connectivity index (χ0) is 23.3. The highest BCUT2D eigenvalue weighted by Gasteiger charge is 2.14. The fraction of sp³-hybridized carbons (Fsp3) is 0.143. The minimum Gasteiger partial charge on any atom is -0.457 e. The minimum atomic E-state index is 0.281. The molecule has 2 aliphatic rings. The van der Waals surface area contributed by atoms with Crippen molar-refractivity contribution in [1.29, 1.82) is 0 Å². The molecule has 0 aliphatic carbocycles. The molecule has 4 aromatic rings. The number of fused-ring (bicyclic) bond motifs is 2. The Morgan fingerprint density at radius 3 is 1.71 bits per heavy atom. The summed E-state index contributed by atoms with van der Waals surface area (Å²) in [5.41, 5.74) is 2.49. The average molecular weight is 473 g/mol. The molecule has 0 aromatic heterocycles. The van der Waals surface area contributed by atoms with Crippen molar-refractivity contribution in [3.63, 3.8) is 0 Å². The molecule has 6 heteroatoms. The predicted molar refractivity (Wildman–Crippen MR) is 132 cm³/mol. The van der Waals surface area contributed by atoms with Crippen molar-refractivity contribution < 1.29 is 23.7 Å². The Balaban J connectivity index is 0.000000142. The summed E-state index contributed by atoms with van der Waals surface area (Å²) in [6.07, 6.45) is 0. The van der Waals surface area contributed by atoms with Gasteiger partial charge in [-0.25, -0.2) is 0 Å². The molecule has 5 nitrogen and oxygen atoms in total. The zero-order valence-corrected chi connectivity index (χ0v) is 19.8. The molecule has 172 valence electrons. The van der Waals surface area contributed by atoms with E-state index < -0.39 is 0 Å². The van der Waals surface area contributed by atoms with Crippen LogP contribution in [0.1, 0.15) is 11.1 Å². The first kappa shape index (κ1) is 22.0. The summed E-state index contributed by atoms with van der Waals surface area (Å²) in [5, 5.41) is 0. The van der Waals surface area contributed by atoms with Crippen LogP contribution in [-0.4, -0.2) is 13.6 Å². The summed E-state index contributed by atoms with van der Waals surface area (Å²) < 4.78 is 26.9. The maximum absolute atomic E-state index is 5.72. The number of ether oxygens (including phenoxy) is 5. The maximum Gasteiger partial charge on any atom is 0.231 e. The molecule has 0 fully saturated rings. The van der Waals surface area contributed by atoms with Crippen molar-refractivity contribution in [2.45, 2.75) is 23.6 Å². The van der Waals surface area contributed by atoms with Crippen LogP contribution in [-0.2, 0) is 0 Å². The Kier molecular flexibility index (Phi) is 6.49. The molecular formula is C28H24O5S. The van der Waals surface area contributed by atoms with E-state index in [-0.39, 0.29) is 6.79 Å². The standard InChI is InChI=1S/C14H12O3.C14H12O2S/c2*1-10-2-4-11(5-3-10)17-12-6-7-13-14(8-12)16-9-15-13/h2*2-8H,9H2,1H3. The first-order chi connectivity index (χ1) is 16.6. The number of hydrogen-bond acceptors (Lipinski definition) is 6. The average Bonchev–Trinajstić information content (AvgIpc) is 3.51. The van der Waals surface area contributed by atoms with Gasteiger partial charge in [-0.05, 0) is 68.4 Å². The van der Waals surface area contributed by atoms with E-state index in [4.69, 9.17) is 23.7 Å². The van der Waals surface area contributed by atoms with Gasteiger partial charge in [-0.15, -0.1) is 0 Å². The van der Waals surface area contributed by atoms with Gasteiger partial charge in [0.1, 0.15) is 11.5 Å². The van der Waals surface area contributed by atoms with Crippen molar-refractivity contribution in [3.05, 3.63) is 96.1 Å². The van der Waals surface area contributed by atoms with Gasteiger partial charge in [0.2, 0.25) is 13.6 Å². The van der Waals surface area contributed by atoms with Gasteiger partial charge < -0.3 is 23.7 Å². The van der Waals surface area contributed by atoms with E-state index in [1.165, 1.54) is 16.0 Å². The van der Waals surface area contributed by atoms with Crippen LogP contribution < -0.4 is 23.7 Å². The quantitative estimate of drug-likeness (QED) is 0.309. The van der Waals surface area contributed by atoms with Crippen LogP contribution in [0.4, 0.5) is 0 Å². The molecule has 0 saturated carbocycles. The Morgan fingerprint density at radius 1 is 0.529 bits per heavy atom. The molecule has 0 N–H and O–H groups in total. The van der Waals surface area contributed by atoms with E-state index in [1.54, 1.807) is 11.8 Å². The molecule has 0 spiro atoms. The second-order valence-corrected chi connectivity index (χ2v) is 9.01. The number of benzene rings is 4. The summed E-state index contributed by atoms with van der Waals surface area (Å²) >= 11 is 1.73. The van der Waals surface area contributed by atoms with Crippen LogP contribution in [0.5, 0.6) is 34.5 Å². The Hall–Kier alpha value is -3.77. The molecule has 0 unspecified atom stereocenters. The van der Waals surface area contributed by atoms with Gasteiger partial charge in [0.05, 0.1) is 0 Å². The van der Waals surface area contributed by atoms with Crippen LogP contribution in [0, 0.1) is 13.8 Å². The highest BCUT2D eigenvalue weighted by atomic mass is 32.2. The van der Waals surface area contributed by atoms with E-state index in [1.807, 2.05) is 61.5 Å². The van der Waals surface area contributed by atoms with Crippen molar-refractivity contribution in [1.82, 2.24) is 0 Å².